The summed E-state index contributed by atoms with van der Waals surface area (Å²) in [5, 5.41) is 6.22. The van der Waals surface area contributed by atoms with Gasteiger partial charge in [-0.3, -0.25) is 0 Å². The molecule has 1 aliphatic heterocycles. The molecule has 0 spiro atoms. The number of fused-ring (bicyclic) bond motifs is 3. The van der Waals surface area contributed by atoms with E-state index in [0.29, 0.717) is 5.71 Å². The zero-order valence-electron chi connectivity index (χ0n) is 16.6. The lowest BCUT2D eigenvalue weighted by Gasteiger charge is -2.04. The Balaban J connectivity index is 1.86. The standard InChI is InChI=1S/C22H18N2O2S4/c1-4-24-18-7-5-14(10-20-21(27)30-22(28)29-20)9-16(18)17-11-15(6-8-19(17)24)12(2)23-26-13(3)25/h5-11H,4H2,1-3H3. The highest BCUT2D eigenvalue weighted by molar-refractivity contribution is 8.60. The number of aromatic nitrogens is 1. The number of aryl methyl sites for hydroxylation is 1. The van der Waals surface area contributed by atoms with E-state index in [1.54, 1.807) is 11.8 Å². The molecule has 0 unspecified atom stereocenters. The molecule has 0 N–H and O–H groups in total. The highest BCUT2D eigenvalue weighted by Gasteiger charge is 2.20. The number of oxime groups is 1. The van der Waals surface area contributed by atoms with Gasteiger partial charge in [-0.25, -0.2) is 4.79 Å². The fraction of sp³-hybridized carbons (Fsp3) is 0.182. The van der Waals surface area contributed by atoms with Gasteiger partial charge in [0.1, 0.15) is 3.53 Å². The van der Waals surface area contributed by atoms with Gasteiger partial charge in [-0.15, -0.1) is 0 Å². The van der Waals surface area contributed by atoms with Crippen molar-refractivity contribution < 1.29 is 9.63 Å². The van der Waals surface area contributed by atoms with Crippen LogP contribution in [0.2, 0.25) is 0 Å². The molecule has 8 heteroatoms. The van der Waals surface area contributed by atoms with Crippen LogP contribution >= 0.6 is 48.0 Å². The van der Waals surface area contributed by atoms with Crippen LogP contribution in [0.4, 0.5) is 0 Å². The van der Waals surface area contributed by atoms with Gasteiger partial charge in [0.2, 0.25) is 0 Å². The molecule has 0 atom stereocenters. The summed E-state index contributed by atoms with van der Waals surface area (Å²) in [6.45, 7) is 6.18. The molecule has 1 fully saturated rings. The maximum Gasteiger partial charge on any atom is 0.331 e. The van der Waals surface area contributed by atoms with Crippen LogP contribution in [0.3, 0.4) is 0 Å². The first-order chi connectivity index (χ1) is 14.4. The van der Waals surface area contributed by atoms with Crippen LogP contribution in [0.1, 0.15) is 31.9 Å². The summed E-state index contributed by atoms with van der Waals surface area (Å²) < 4.78 is 3.98. The van der Waals surface area contributed by atoms with E-state index in [9.17, 15) is 4.79 Å². The predicted octanol–water partition coefficient (Wildman–Crippen LogP) is 6.53. The lowest BCUT2D eigenvalue weighted by atomic mass is 10.0. The van der Waals surface area contributed by atoms with Crippen LogP contribution in [0, 0.1) is 0 Å². The van der Waals surface area contributed by atoms with E-state index >= 15 is 0 Å². The highest BCUT2D eigenvalue weighted by Crippen LogP contribution is 2.40. The second kappa shape index (κ2) is 8.63. The fourth-order valence-electron chi connectivity index (χ4n) is 3.48. The van der Waals surface area contributed by atoms with Gasteiger partial charge in [0.25, 0.3) is 0 Å². The third kappa shape index (κ3) is 4.09. The molecule has 4 nitrogen and oxygen atoms in total. The number of rotatable bonds is 4. The summed E-state index contributed by atoms with van der Waals surface area (Å²) in [7, 11) is 0. The average Bonchev–Trinajstić information content (AvgIpc) is 3.20. The van der Waals surface area contributed by atoms with Gasteiger partial charge in [-0.05, 0) is 55.3 Å². The zero-order chi connectivity index (χ0) is 21.4. The fourth-order valence-corrected chi connectivity index (χ4v) is 6.46. The minimum Gasteiger partial charge on any atom is -0.341 e. The van der Waals surface area contributed by atoms with Crippen LogP contribution in [-0.2, 0) is 16.2 Å². The molecule has 0 amide bonds. The smallest absolute Gasteiger partial charge is 0.331 e. The van der Waals surface area contributed by atoms with E-state index in [1.807, 2.05) is 13.0 Å². The number of nitrogens with zero attached hydrogens (tertiary/aromatic N) is 2. The number of carbonyl (C=O) groups is 1. The first-order valence-electron chi connectivity index (χ1n) is 9.31. The molecule has 1 aromatic heterocycles. The van der Waals surface area contributed by atoms with Crippen LogP contribution < -0.4 is 0 Å². The molecule has 0 radical (unpaired) electrons. The van der Waals surface area contributed by atoms with Crippen LogP contribution in [-0.4, -0.2) is 24.0 Å². The predicted molar refractivity (Wildman–Crippen MR) is 137 cm³/mol. The Morgan fingerprint density at radius 3 is 2.43 bits per heavy atom. The number of thioether (sulfide) groups is 2. The number of hydrogen-bond acceptors (Lipinski definition) is 7. The quantitative estimate of drug-likeness (QED) is 0.142. The number of thiocarbonyl (C=S) groups is 2. The third-order valence-electron chi connectivity index (χ3n) is 4.80. The molecular formula is C22H18N2O2S4. The van der Waals surface area contributed by atoms with E-state index in [1.165, 1.54) is 24.2 Å². The molecule has 2 aromatic carbocycles. The Hall–Kier alpha value is -2.00. The van der Waals surface area contributed by atoms with Gasteiger partial charge in [0.15, 0.2) is 0 Å². The zero-order valence-corrected chi connectivity index (χ0v) is 19.9. The summed E-state index contributed by atoms with van der Waals surface area (Å²) in [5.74, 6) is -0.434. The van der Waals surface area contributed by atoms with Gasteiger partial charge < -0.3 is 9.40 Å². The number of benzene rings is 2. The third-order valence-corrected chi connectivity index (χ3v) is 7.81. The summed E-state index contributed by atoms with van der Waals surface area (Å²) >= 11 is 13.7. The van der Waals surface area contributed by atoms with Crippen molar-refractivity contribution in [3.63, 3.8) is 0 Å². The Morgan fingerprint density at radius 2 is 1.80 bits per heavy atom. The Labute approximate surface area is 193 Å². The van der Waals surface area contributed by atoms with Crippen molar-refractivity contribution in [1.29, 1.82) is 0 Å². The monoisotopic (exact) mass is 470 g/mol. The lowest BCUT2D eigenvalue weighted by Crippen LogP contribution is -1.99. The average molecular weight is 471 g/mol. The van der Waals surface area contributed by atoms with E-state index in [-0.39, 0.29) is 0 Å². The minimum absolute atomic E-state index is 0.434. The number of hydrogen-bond donors (Lipinski definition) is 0. The SMILES string of the molecule is CCn1c2ccc(C=C3SC(=S)SC3=S)cc2c2cc(C(C)=NOC(C)=O)ccc21. The van der Waals surface area contributed by atoms with Crippen LogP contribution in [0.5, 0.6) is 0 Å². The molecular weight excluding hydrogens is 453 g/mol. The maximum absolute atomic E-state index is 11.1. The molecule has 1 aliphatic rings. The first-order valence-corrected chi connectivity index (χ1v) is 11.8. The Bertz CT molecular complexity index is 1290. The van der Waals surface area contributed by atoms with E-state index in [2.05, 4.69) is 53.1 Å². The summed E-state index contributed by atoms with van der Waals surface area (Å²) in [4.78, 5) is 16.9. The molecule has 152 valence electrons. The summed E-state index contributed by atoms with van der Waals surface area (Å²) in [5.41, 5.74) is 4.98. The van der Waals surface area contributed by atoms with E-state index in [0.717, 1.165) is 46.6 Å². The molecule has 4 rings (SSSR count). The highest BCUT2D eigenvalue weighted by atomic mass is 32.2. The summed E-state index contributed by atoms with van der Waals surface area (Å²) in [6.07, 6.45) is 2.10. The maximum atomic E-state index is 11.1. The van der Waals surface area contributed by atoms with Crippen molar-refractivity contribution in [2.75, 3.05) is 0 Å². The molecule has 2 heterocycles. The van der Waals surface area contributed by atoms with Crippen LogP contribution in [0.25, 0.3) is 27.9 Å². The van der Waals surface area contributed by atoms with Gasteiger partial charge >= 0.3 is 5.97 Å². The van der Waals surface area contributed by atoms with E-state index < -0.39 is 5.97 Å². The minimum atomic E-state index is -0.434. The van der Waals surface area contributed by atoms with Crippen molar-refractivity contribution >= 4 is 95.2 Å². The number of carbonyl (C=O) groups excluding carboxylic acids is 1. The van der Waals surface area contributed by atoms with Gasteiger partial charge in [0, 0.05) is 40.2 Å². The first kappa shape index (κ1) is 21.2. The van der Waals surface area contributed by atoms with Crippen molar-refractivity contribution in [1.82, 2.24) is 4.57 Å². The molecule has 3 aromatic rings. The van der Waals surface area contributed by atoms with Crippen molar-refractivity contribution in [2.24, 2.45) is 5.16 Å². The van der Waals surface area contributed by atoms with Gasteiger partial charge in [-0.2, -0.15) is 0 Å². The lowest BCUT2D eigenvalue weighted by molar-refractivity contribution is -0.140. The Morgan fingerprint density at radius 1 is 1.10 bits per heavy atom. The van der Waals surface area contributed by atoms with Gasteiger partial charge in [0.05, 0.1) is 9.91 Å². The molecule has 0 bridgehead atoms. The second-order valence-electron chi connectivity index (χ2n) is 6.76. The van der Waals surface area contributed by atoms with Gasteiger partial charge in [-0.1, -0.05) is 65.2 Å². The van der Waals surface area contributed by atoms with Crippen molar-refractivity contribution in [2.45, 2.75) is 27.3 Å². The largest absolute Gasteiger partial charge is 0.341 e. The van der Waals surface area contributed by atoms with Crippen molar-refractivity contribution in [3.05, 3.63) is 52.4 Å². The van der Waals surface area contributed by atoms with E-state index in [4.69, 9.17) is 29.3 Å². The summed E-state index contributed by atoms with van der Waals surface area (Å²) in [6, 6.07) is 12.7. The normalized spacial score (nSPS) is 16.2. The van der Waals surface area contributed by atoms with Crippen LogP contribution in [0.15, 0.2) is 46.5 Å². The topological polar surface area (TPSA) is 43.6 Å². The second-order valence-corrected chi connectivity index (χ2v) is 10.7. The molecule has 30 heavy (non-hydrogen) atoms. The Kier molecular flexibility index (Phi) is 6.11. The van der Waals surface area contributed by atoms with Crippen molar-refractivity contribution in [3.8, 4) is 0 Å². The molecule has 1 saturated heterocycles. The molecule has 0 saturated carbocycles. The molecule has 0 aliphatic carbocycles.